The van der Waals surface area contributed by atoms with Gasteiger partial charge in [0.25, 0.3) is 0 Å². The number of ether oxygens (including phenoxy) is 3. The van der Waals surface area contributed by atoms with Crippen LogP contribution in [0.5, 0.6) is 0 Å². The van der Waals surface area contributed by atoms with Gasteiger partial charge in [-0.05, 0) is 39.0 Å². The lowest BCUT2D eigenvalue weighted by atomic mass is 9.95. The van der Waals surface area contributed by atoms with E-state index in [1.807, 2.05) is 0 Å². The Balaban J connectivity index is 2.45. The van der Waals surface area contributed by atoms with Gasteiger partial charge in [-0.2, -0.15) is 0 Å². The van der Waals surface area contributed by atoms with E-state index in [-0.39, 0.29) is 12.2 Å². The molecular weight excluding hydrogens is 502 g/mol. The first-order valence-electron chi connectivity index (χ1n) is 14.8. The highest BCUT2D eigenvalue weighted by Crippen LogP contribution is 2.33. The Hall–Kier alpha value is -1.78. The maximum Gasteiger partial charge on any atom is 0.354 e. The second-order valence-electron chi connectivity index (χ2n) is 10.6. The fourth-order valence-electron chi connectivity index (χ4n) is 4.54. The van der Waals surface area contributed by atoms with E-state index < -0.39 is 48.8 Å². The summed E-state index contributed by atoms with van der Waals surface area (Å²) >= 11 is 0. The Morgan fingerprint density at radius 2 is 1.44 bits per heavy atom. The lowest BCUT2D eigenvalue weighted by Gasteiger charge is -2.48. The maximum atomic E-state index is 12.4. The molecule has 1 fully saturated rings. The number of hydrogen-bond acceptors (Lipinski definition) is 8. The molecule has 0 aromatic heterocycles. The van der Waals surface area contributed by atoms with E-state index in [1.165, 1.54) is 65.2 Å². The van der Waals surface area contributed by atoms with Crippen LogP contribution >= 0.6 is 0 Å². The molecule has 0 spiro atoms. The number of aliphatic hydroxyl groups excluding tert-OH is 3. The van der Waals surface area contributed by atoms with E-state index in [0.29, 0.717) is 6.42 Å². The monoisotopic (exact) mass is 555 g/mol. The van der Waals surface area contributed by atoms with Gasteiger partial charge in [0.05, 0.1) is 13.2 Å². The molecular formula is C30H53NO8. The number of carbonyl (C=O) groups is 2. The van der Waals surface area contributed by atoms with E-state index in [1.54, 1.807) is 0 Å². The zero-order valence-electron chi connectivity index (χ0n) is 24.4. The second kappa shape index (κ2) is 20.2. The molecule has 0 aromatic rings. The Labute approximate surface area is 235 Å². The zero-order valence-corrected chi connectivity index (χ0v) is 24.4. The van der Waals surface area contributed by atoms with Crippen LogP contribution < -0.4 is 5.32 Å². The third-order valence-electron chi connectivity index (χ3n) is 6.85. The third kappa shape index (κ3) is 13.4. The van der Waals surface area contributed by atoms with Gasteiger partial charge in [0.15, 0.2) is 6.04 Å². The smallest absolute Gasteiger partial charge is 0.354 e. The minimum atomic E-state index is -2.23. The van der Waals surface area contributed by atoms with Gasteiger partial charge < -0.3 is 34.8 Å². The van der Waals surface area contributed by atoms with Gasteiger partial charge in [-0.25, -0.2) is 4.79 Å². The van der Waals surface area contributed by atoms with Gasteiger partial charge in [-0.3, -0.25) is 4.79 Å². The number of esters is 1. The molecule has 1 aliphatic heterocycles. The number of nitrogens with one attached hydrogen (secondary N) is 1. The summed E-state index contributed by atoms with van der Waals surface area (Å²) in [6.07, 6.45) is 16.4. The van der Waals surface area contributed by atoms with E-state index in [4.69, 9.17) is 14.2 Å². The molecule has 9 heteroatoms. The standard InChI is InChI=1S/C30H53NO8/c1-5-6-7-8-9-10-11-12-13-14-15-16-17-18-19-20-21-37-30(39-29(36)23(2)3)28(31-24(4)33)27(35)26(34)25(22-32)38-30/h12-13,25-28,32,34-35H,2,5-11,14-22H2,1,3-4H3,(H,31,33)/b13-12-/t25-,26-,27+,28-,30?/m1/s1. The summed E-state index contributed by atoms with van der Waals surface area (Å²) < 4.78 is 17.0. The zero-order chi connectivity index (χ0) is 29.1. The van der Waals surface area contributed by atoms with Crippen LogP contribution in [0.4, 0.5) is 0 Å². The lowest BCUT2D eigenvalue weighted by molar-refractivity contribution is -0.424. The van der Waals surface area contributed by atoms with Crippen molar-refractivity contribution in [2.75, 3.05) is 13.2 Å². The fourth-order valence-corrected chi connectivity index (χ4v) is 4.54. The second-order valence-corrected chi connectivity index (χ2v) is 10.6. The number of rotatable bonds is 21. The van der Waals surface area contributed by atoms with Crippen LogP contribution in [0, 0.1) is 0 Å². The lowest BCUT2D eigenvalue weighted by Crippen LogP contribution is -2.72. The molecule has 0 saturated carbocycles. The average molecular weight is 556 g/mol. The summed E-state index contributed by atoms with van der Waals surface area (Å²) in [4.78, 5) is 24.2. The van der Waals surface area contributed by atoms with Gasteiger partial charge in [-0.1, -0.05) is 83.4 Å². The van der Waals surface area contributed by atoms with Gasteiger partial charge >= 0.3 is 11.9 Å². The van der Waals surface area contributed by atoms with Crippen LogP contribution in [0.2, 0.25) is 0 Å². The number of hydrogen-bond donors (Lipinski definition) is 4. The topological polar surface area (TPSA) is 135 Å². The molecule has 226 valence electrons. The first-order valence-corrected chi connectivity index (χ1v) is 14.8. The van der Waals surface area contributed by atoms with Crippen molar-refractivity contribution in [2.24, 2.45) is 0 Å². The largest absolute Gasteiger partial charge is 0.402 e. The van der Waals surface area contributed by atoms with E-state index in [9.17, 15) is 24.9 Å². The van der Waals surface area contributed by atoms with E-state index >= 15 is 0 Å². The summed E-state index contributed by atoms with van der Waals surface area (Å²) in [5.74, 6) is -3.63. The molecule has 1 amide bonds. The van der Waals surface area contributed by atoms with Gasteiger partial charge in [0.2, 0.25) is 5.91 Å². The van der Waals surface area contributed by atoms with Crippen LogP contribution in [0.15, 0.2) is 24.3 Å². The molecule has 0 radical (unpaired) electrons. The molecule has 5 atom stereocenters. The highest BCUT2D eigenvalue weighted by Gasteiger charge is 2.58. The molecule has 9 nitrogen and oxygen atoms in total. The van der Waals surface area contributed by atoms with Crippen molar-refractivity contribution in [3.63, 3.8) is 0 Å². The van der Waals surface area contributed by atoms with Crippen molar-refractivity contribution >= 4 is 11.9 Å². The molecule has 1 saturated heterocycles. The van der Waals surface area contributed by atoms with Crippen LogP contribution in [-0.4, -0.2) is 70.7 Å². The van der Waals surface area contributed by atoms with Crippen LogP contribution in [0.1, 0.15) is 111 Å². The van der Waals surface area contributed by atoms with Gasteiger partial charge in [0, 0.05) is 12.5 Å². The Morgan fingerprint density at radius 1 is 0.897 bits per heavy atom. The minimum Gasteiger partial charge on any atom is -0.402 e. The Bertz CT molecular complexity index is 742. The highest BCUT2D eigenvalue weighted by atomic mass is 16.9. The Kier molecular flexibility index (Phi) is 18.2. The molecule has 4 N–H and O–H groups in total. The normalized spacial score (nSPS) is 25.1. The fraction of sp³-hybridized carbons (Fsp3) is 0.800. The minimum absolute atomic E-state index is 0.0570. The van der Waals surface area contributed by atoms with Crippen molar-refractivity contribution in [3.8, 4) is 0 Å². The van der Waals surface area contributed by atoms with Crippen LogP contribution in [0.25, 0.3) is 0 Å². The summed E-state index contributed by atoms with van der Waals surface area (Å²) in [6.45, 7) is 7.90. The predicted octanol–water partition coefficient (Wildman–Crippen LogP) is 4.43. The van der Waals surface area contributed by atoms with Gasteiger partial charge in [0.1, 0.15) is 18.3 Å². The van der Waals surface area contributed by atoms with Crippen molar-refractivity contribution in [3.05, 3.63) is 24.3 Å². The maximum absolute atomic E-state index is 12.4. The number of unbranched alkanes of at least 4 members (excludes halogenated alkanes) is 12. The molecule has 0 aromatic carbocycles. The van der Waals surface area contributed by atoms with Crippen molar-refractivity contribution in [1.82, 2.24) is 5.32 Å². The summed E-state index contributed by atoms with van der Waals surface area (Å²) in [5, 5.41) is 33.1. The van der Waals surface area contributed by atoms with E-state index in [0.717, 1.165) is 32.1 Å². The molecule has 1 aliphatic rings. The molecule has 1 rings (SSSR count). The van der Waals surface area contributed by atoms with Crippen LogP contribution in [-0.2, 0) is 23.8 Å². The van der Waals surface area contributed by atoms with E-state index in [2.05, 4.69) is 31.0 Å². The SMILES string of the molecule is C=C(C)C(=O)OC1(OCCCCCCCC/C=C\CCCCCCCC)O[C@H](CO)[C@@H](O)[C@H](O)[C@H]1NC(C)=O. The first kappa shape index (κ1) is 35.2. The molecule has 0 bridgehead atoms. The van der Waals surface area contributed by atoms with Crippen molar-refractivity contribution < 1.29 is 39.1 Å². The van der Waals surface area contributed by atoms with Crippen molar-refractivity contribution in [1.29, 1.82) is 0 Å². The summed E-state index contributed by atoms with van der Waals surface area (Å²) in [5.41, 5.74) is 0.0570. The number of allylic oxidation sites excluding steroid dienone is 2. The quantitative estimate of drug-likeness (QED) is 0.0537. The first-order chi connectivity index (χ1) is 18.7. The molecule has 39 heavy (non-hydrogen) atoms. The predicted molar refractivity (Wildman–Crippen MR) is 151 cm³/mol. The molecule has 0 aliphatic carbocycles. The average Bonchev–Trinajstić information content (AvgIpc) is 2.90. The summed E-state index contributed by atoms with van der Waals surface area (Å²) in [7, 11) is 0. The highest BCUT2D eigenvalue weighted by molar-refractivity contribution is 5.87. The van der Waals surface area contributed by atoms with Crippen molar-refractivity contribution in [2.45, 2.75) is 141 Å². The number of carbonyl (C=O) groups excluding carboxylic acids is 2. The number of amides is 1. The third-order valence-corrected chi connectivity index (χ3v) is 6.85. The summed E-state index contributed by atoms with van der Waals surface area (Å²) in [6, 6.07) is -1.41. The number of aliphatic hydroxyl groups is 3. The molecule has 1 unspecified atom stereocenters. The Morgan fingerprint density at radius 3 is 1.95 bits per heavy atom. The molecule has 1 heterocycles. The van der Waals surface area contributed by atoms with Crippen LogP contribution in [0.3, 0.4) is 0 Å². The van der Waals surface area contributed by atoms with Gasteiger partial charge in [-0.15, -0.1) is 0 Å².